The zero-order chi connectivity index (χ0) is 53.9. The number of hydrogen-bond donors (Lipinski definition) is 3. The van der Waals surface area contributed by atoms with Gasteiger partial charge in [0, 0.05) is 46.6 Å². The molecule has 2 aliphatic heterocycles. The number of nitrogens with zero attached hydrogens (tertiary/aromatic N) is 7. The Labute approximate surface area is 455 Å². The van der Waals surface area contributed by atoms with E-state index in [2.05, 4.69) is 56.7 Å². The van der Waals surface area contributed by atoms with Crippen molar-refractivity contribution < 1.29 is 43.0 Å². The number of benzene rings is 2. The number of aliphatic hydroxyl groups excluding tert-OH is 1. The first kappa shape index (κ1) is 56.1. The molecule has 402 valence electrons. The topological polar surface area (TPSA) is 218 Å². The molecule has 5 atom stereocenters. The minimum Gasteiger partial charge on any atom is -0.391 e. The van der Waals surface area contributed by atoms with Crippen LogP contribution in [-0.4, -0.2) is 136 Å². The molecule has 21 heteroatoms. The van der Waals surface area contributed by atoms with Gasteiger partial charge in [0.2, 0.25) is 17.7 Å². The number of β-amino-alcohol motifs (C(OH)–C–C–N with tert-alkyl or cyclic N) is 1. The number of amides is 3. The Bertz CT molecular complexity index is 3050. The first-order chi connectivity index (χ1) is 36.7. The van der Waals surface area contributed by atoms with Gasteiger partial charge in [-0.3, -0.25) is 23.9 Å². The lowest BCUT2D eigenvalue weighted by Crippen LogP contribution is -2.48. The zero-order valence-corrected chi connectivity index (χ0v) is 46.1. The molecule has 18 nitrogen and oxygen atoms in total. The number of hydrogen-bond acceptors (Lipinski definition) is 16. The summed E-state index contributed by atoms with van der Waals surface area (Å²) in [5.74, 6) is 6.46. The van der Waals surface area contributed by atoms with Crippen LogP contribution in [0.25, 0.3) is 15.4 Å². The second-order valence-corrected chi connectivity index (χ2v) is 21.5. The smallest absolute Gasteiger partial charge is 0.243 e. The maximum absolute atomic E-state index is 13.8. The molecule has 6 aromatic rings. The molecule has 0 aliphatic carbocycles. The predicted molar refractivity (Wildman–Crippen MR) is 290 cm³/mol. The predicted octanol–water partition coefficient (Wildman–Crippen LogP) is 7.42. The zero-order valence-electron chi connectivity index (χ0n) is 43.8. The number of fused-ring (bicyclic) bond motifs is 3. The Hall–Kier alpha value is -6.15. The molecule has 2 aliphatic rings. The standard InChI is InChI=1S/C55H64ClN9O9S2/c1-32(2)48(46-27-33(3)63-74-46)54(69)64-30-42(66)28-45(64)53(68)59-35(5)38-10-12-40(13-11-38)51-43(58-31-75-51)9-8-19-70-21-23-72-25-26-73-24-22-71-20-18-57-47(67)29-44-52-62-61-37(7)65(52)55-49(34(4)36(6)76-55)50(60-44)39-14-16-41(56)17-15-39/h10-17,27,31-32,35,42,44-45,48,66H,18-26,28-30H2,1-7H3,(H,57,67)(H,59,68)/t35-,42+,44-,45-,48+/m0/s1. The summed E-state index contributed by atoms with van der Waals surface area (Å²) >= 11 is 9.38. The number of rotatable bonds is 23. The highest BCUT2D eigenvalue weighted by Gasteiger charge is 2.43. The van der Waals surface area contributed by atoms with Crippen LogP contribution in [-0.2, 0) is 33.3 Å². The molecule has 3 N–H and O–H groups in total. The number of carbonyl (C=O) groups excluding carboxylic acids is 3. The van der Waals surface area contributed by atoms with Gasteiger partial charge in [0.15, 0.2) is 5.82 Å². The lowest BCUT2D eigenvalue weighted by molar-refractivity contribution is -0.141. The van der Waals surface area contributed by atoms with Crippen LogP contribution in [0.1, 0.15) is 108 Å². The fourth-order valence-corrected chi connectivity index (χ4v) is 11.2. The molecule has 0 bridgehead atoms. The number of aliphatic imine (C=N–C) groups is 1. The molecule has 76 heavy (non-hydrogen) atoms. The van der Waals surface area contributed by atoms with Gasteiger partial charge in [-0.1, -0.05) is 72.9 Å². The molecule has 0 unspecified atom stereocenters. The van der Waals surface area contributed by atoms with E-state index in [0.29, 0.717) is 80.8 Å². The van der Waals surface area contributed by atoms with E-state index in [9.17, 15) is 19.5 Å². The van der Waals surface area contributed by atoms with Gasteiger partial charge >= 0.3 is 0 Å². The van der Waals surface area contributed by atoms with Crippen molar-refractivity contribution in [2.24, 2.45) is 10.9 Å². The van der Waals surface area contributed by atoms with Crippen LogP contribution >= 0.6 is 34.3 Å². The molecule has 8 rings (SSSR count). The van der Waals surface area contributed by atoms with Crippen LogP contribution in [0, 0.1) is 45.5 Å². The van der Waals surface area contributed by atoms with Crippen molar-refractivity contribution in [1.82, 2.24) is 40.4 Å². The summed E-state index contributed by atoms with van der Waals surface area (Å²) in [7, 11) is 0. The van der Waals surface area contributed by atoms with Crippen molar-refractivity contribution in [1.29, 1.82) is 0 Å². The van der Waals surface area contributed by atoms with Crippen molar-refractivity contribution in [3.63, 3.8) is 0 Å². The van der Waals surface area contributed by atoms with Crippen LogP contribution in [0.3, 0.4) is 0 Å². The second-order valence-electron chi connectivity index (χ2n) is 19.0. The quantitative estimate of drug-likeness (QED) is 0.0421. The SMILES string of the molecule is Cc1cc([C@H](C(=O)N2C[C@H](O)C[C@H]2C(=O)N[C@@H](C)c2ccc(-c3scnc3C#CCOCCOCCOCCOCCNC(=O)C[C@@H]3N=C(c4ccc(Cl)cc4)c4c(sc(C)c4C)-n4c(C)nnc43)cc2)C(C)C)on1. The minimum atomic E-state index is -0.816. The van der Waals surface area contributed by atoms with E-state index in [4.69, 9.17) is 40.1 Å². The van der Waals surface area contributed by atoms with E-state index in [1.807, 2.05) is 80.8 Å². The molecule has 4 aromatic heterocycles. The molecular weight excluding hydrogens is 1030 g/mol. The summed E-state index contributed by atoms with van der Waals surface area (Å²) in [6.45, 7) is 16.9. The van der Waals surface area contributed by atoms with Gasteiger partial charge in [-0.15, -0.1) is 32.9 Å². The average Bonchev–Trinajstić information content (AvgIpc) is 4.27. The molecule has 1 saturated heterocycles. The van der Waals surface area contributed by atoms with Gasteiger partial charge in [-0.2, -0.15) is 0 Å². The fourth-order valence-electron chi connectivity index (χ4n) is 9.15. The number of ether oxygens (including phenoxy) is 4. The number of aliphatic hydroxyl groups is 1. The molecule has 1 fully saturated rings. The third kappa shape index (κ3) is 13.7. The Morgan fingerprint density at radius 2 is 1.59 bits per heavy atom. The van der Waals surface area contributed by atoms with E-state index in [-0.39, 0.29) is 55.7 Å². The van der Waals surface area contributed by atoms with Crippen molar-refractivity contribution in [2.45, 2.75) is 91.5 Å². The molecule has 0 radical (unpaired) electrons. The lowest BCUT2D eigenvalue weighted by atomic mass is 9.91. The molecule has 2 aromatic carbocycles. The summed E-state index contributed by atoms with van der Waals surface area (Å²) in [4.78, 5) is 53.9. The molecule has 0 spiro atoms. The fraction of sp³-hybridized carbons (Fsp3) is 0.455. The lowest BCUT2D eigenvalue weighted by Gasteiger charge is -2.29. The Balaban J connectivity index is 0.688. The summed E-state index contributed by atoms with van der Waals surface area (Å²) in [6, 6.07) is 15.4. The normalized spacial score (nSPS) is 16.8. The molecular formula is C55H64ClN9O9S2. The summed E-state index contributed by atoms with van der Waals surface area (Å²) in [5.41, 5.74) is 8.73. The van der Waals surface area contributed by atoms with Gasteiger partial charge in [0.25, 0.3) is 0 Å². The largest absolute Gasteiger partial charge is 0.391 e. The first-order valence-electron chi connectivity index (χ1n) is 25.4. The van der Waals surface area contributed by atoms with Crippen LogP contribution in [0.5, 0.6) is 0 Å². The van der Waals surface area contributed by atoms with Crippen molar-refractivity contribution in [2.75, 3.05) is 65.9 Å². The number of halogens is 1. The van der Waals surface area contributed by atoms with E-state index in [0.717, 1.165) is 49.2 Å². The van der Waals surface area contributed by atoms with Crippen molar-refractivity contribution >= 4 is 57.7 Å². The van der Waals surface area contributed by atoms with Gasteiger partial charge in [0.1, 0.15) is 46.9 Å². The summed E-state index contributed by atoms with van der Waals surface area (Å²) in [5, 5.41) is 31.0. The van der Waals surface area contributed by atoms with E-state index in [1.54, 1.807) is 29.8 Å². The third-order valence-electron chi connectivity index (χ3n) is 13.2. The highest BCUT2D eigenvalue weighted by molar-refractivity contribution is 7.15. The second kappa shape index (κ2) is 26.3. The van der Waals surface area contributed by atoms with E-state index in [1.165, 1.54) is 21.1 Å². The Kier molecular flexibility index (Phi) is 19.4. The number of carbonyl (C=O) groups is 3. The first-order valence-corrected chi connectivity index (χ1v) is 27.4. The van der Waals surface area contributed by atoms with E-state index < -0.39 is 24.1 Å². The van der Waals surface area contributed by atoms with Crippen molar-refractivity contribution in [3.05, 3.63) is 121 Å². The maximum atomic E-state index is 13.8. The molecule has 6 heterocycles. The van der Waals surface area contributed by atoms with Gasteiger partial charge < -0.3 is 44.1 Å². The minimum absolute atomic E-state index is 0.0688. The van der Waals surface area contributed by atoms with Crippen LogP contribution < -0.4 is 10.6 Å². The summed E-state index contributed by atoms with van der Waals surface area (Å²) < 4.78 is 30.1. The Morgan fingerprint density at radius 3 is 2.28 bits per heavy atom. The number of nitrogens with one attached hydrogen (secondary N) is 2. The van der Waals surface area contributed by atoms with Gasteiger partial charge in [-0.25, -0.2) is 4.98 Å². The number of likely N-dealkylation sites (tertiary alicyclic amines) is 1. The molecule has 3 amide bonds. The van der Waals surface area contributed by atoms with Crippen molar-refractivity contribution in [3.8, 4) is 27.3 Å². The Morgan fingerprint density at radius 1 is 0.908 bits per heavy atom. The highest BCUT2D eigenvalue weighted by Crippen LogP contribution is 2.40. The van der Waals surface area contributed by atoms with Gasteiger partial charge in [0.05, 0.1) is 86.6 Å². The van der Waals surface area contributed by atoms with Crippen LogP contribution in [0.4, 0.5) is 0 Å². The maximum Gasteiger partial charge on any atom is 0.243 e. The average molecular weight is 1090 g/mol. The van der Waals surface area contributed by atoms with Gasteiger partial charge in [-0.05, 0) is 75.3 Å². The number of thiazole rings is 1. The number of thiophene rings is 1. The monoisotopic (exact) mass is 1090 g/mol. The van der Waals surface area contributed by atoms with Crippen LogP contribution in [0.2, 0.25) is 5.02 Å². The van der Waals surface area contributed by atoms with Crippen LogP contribution in [0.15, 0.2) is 69.6 Å². The highest BCUT2D eigenvalue weighted by atomic mass is 35.5. The number of aryl methyl sites for hydroxylation is 3. The summed E-state index contributed by atoms with van der Waals surface area (Å²) in [6.07, 6.45) is -0.567. The van der Waals surface area contributed by atoms with E-state index >= 15 is 0 Å². The third-order valence-corrected chi connectivity index (χ3v) is 15.5. The molecule has 0 saturated carbocycles. The number of aromatic nitrogens is 5.